The van der Waals surface area contributed by atoms with E-state index in [1.165, 1.54) is 18.9 Å². The number of halogens is 1. The first-order valence-corrected chi connectivity index (χ1v) is 6.09. The number of pyridine rings is 1. The van der Waals surface area contributed by atoms with Gasteiger partial charge in [0.25, 0.3) is 0 Å². The average Bonchev–Trinajstić information content (AvgIpc) is 2.96. The highest BCUT2D eigenvalue weighted by Crippen LogP contribution is 2.39. The van der Waals surface area contributed by atoms with Crippen LogP contribution in [-0.4, -0.2) is 15.9 Å². The molecule has 1 saturated carbocycles. The third-order valence-corrected chi connectivity index (χ3v) is 3.94. The Labute approximate surface area is 99.5 Å². The fraction of sp³-hybridized carbons (Fsp3) is 0.462. The lowest BCUT2D eigenvalue weighted by Crippen LogP contribution is -2.34. The molecule has 2 N–H and O–H groups in total. The Hall–Kier alpha value is -1.42. The molecule has 0 aliphatic heterocycles. The molecule has 3 nitrogen and oxygen atoms in total. The second-order valence-electron chi connectivity index (χ2n) is 4.88. The molecular formula is C13H16FN3. The minimum Gasteiger partial charge on any atom is -0.329 e. The van der Waals surface area contributed by atoms with Gasteiger partial charge in [0.2, 0.25) is 0 Å². The van der Waals surface area contributed by atoms with E-state index in [1.54, 1.807) is 12.3 Å². The Morgan fingerprint density at radius 2 is 2.18 bits per heavy atom. The van der Waals surface area contributed by atoms with E-state index in [2.05, 4.69) is 4.98 Å². The number of nitrogens with two attached hydrogens (primary N) is 1. The molecule has 1 aliphatic carbocycles. The normalized spacial score (nSPS) is 18.9. The van der Waals surface area contributed by atoms with E-state index in [9.17, 15) is 4.39 Å². The summed E-state index contributed by atoms with van der Waals surface area (Å²) in [5.41, 5.74) is 6.43. The topological polar surface area (TPSA) is 43.3 Å². The lowest BCUT2D eigenvalue weighted by molar-refractivity contribution is 0.422. The average molecular weight is 233 g/mol. The van der Waals surface area contributed by atoms with E-state index >= 15 is 0 Å². The summed E-state index contributed by atoms with van der Waals surface area (Å²) in [5, 5.41) is 0. The van der Waals surface area contributed by atoms with Gasteiger partial charge in [-0.2, -0.15) is 0 Å². The van der Waals surface area contributed by atoms with Gasteiger partial charge in [0, 0.05) is 18.2 Å². The SMILES string of the molecule is NCC1(c2ncc3c(F)cccn23)CCCC1. The zero-order chi connectivity index (χ0) is 11.9. The van der Waals surface area contributed by atoms with Gasteiger partial charge in [0.15, 0.2) is 0 Å². The van der Waals surface area contributed by atoms with Crippen molar-refractivity contribution in [1.82, 2.24) is 9.38 Å². The Bertz CT molecular complexity index is 541. The monoisotopic (exact) mass is 233 g/mol. The molecule has 0 atom stereocenters. The lowest BCUT2D eigenvalue weighted by Gasteiger charge is -2.25. The van der Waals surface area contributed by atoms with E-state index < -0.39 is 0 Å². The molecule has 0 aromatic carbocycles. The van der Waals surface area contributed by atoms with E-state index in [4.69, 9.17) is 5.73 Å². The summed E-state index contributed by atoms with van der Waals surface area (Å²) in [6.07, 6.45) is 7.96. The van der Waals surface area contributed by atoms with Crippen LogP contribution in [0.5, 0.6) is 0 Å². The van der Waals surface area contributed by atoms with Crippen molar-refractivity contribution < 1.29 is 4.39 Å². The van der Waals surface area contributed by atoms with E-state index in [1.807, 2.05) is 10.6 Å². The number of hydrogen-bond acceptors (Lipinski definition) is 2. The summed E-state index contributed by atoms with van der Waals surface area (Å²) in [4.78, 5) is 4.42. The first-order chi connectivity index (χ1) is 8.27. The molecule has 0 unspecified atom stereocenters. The number of aromatic nitrogens is 2. The van der Waals surface area contributed by atoms with Crippen LogP contribution in [0.4, 0.5) is 4.39 Å². The van der Waals surface area contributed by atoms with Crippen LogP contribution in [0.25, 0.3) is 5.52 Å². The maximum Gasteiger partial charge on any atom is 0.148 e. The minimum atomic E-state index is -0.226. The smallest absolute Gasteiger partial charge is 0.148 e. The Balaban J connectivity index is 2.20. The maximum atomic E-state index is 13.6. The first kappa shape index (κ1) is 10.7. The van der Waals surface area contributed by atoms with Gasteiger partial charge in [-0.05, 0) is 25.0 Å². The number of hydrogen-bond donors (Lipinski definition) is 1. The lowest BCUT2D eigenvalue weighted by atomic mass is 9.85. The Kier molecular flexibility index (Phi) is 2.40. The first-order valence-electron chi connectivity index (χ1n) is 6.09. The third kappa shape index (κ3) is 1.47. The molecule has 4 heteroatoms. The van der Waals surface area contributed by atoms with Gasteiger partial charge < -0.3 is 10.1 Å². The van der Waals surface area contributed by atoms with Crippen LogP contribution in [0.2, 0.25) is 0 Å². The molecular weight excluding hydrogens is 217 g/mol. The zero-order valence-corrected chi connectivity index (χ0v) is 9.69. The molecule has 0 bridgehead atoms. The van der Waals surface area contributed by atoms with Crippen LogP contribution >= 0.6 is 0 Å². The number of nitrogens with zero attached hydrogens (tertiary/aromatic N) is 2. The van der Waals surface area contributed by atoms with Crippen molar-refractivity contribution in [2.24, 2.45) is 5.73 Å². The van der Waals surface area contributed by atoms with E-state index in [0.29, 0.717) is 12.1 Å². The van der Waals surface area contributed by atoms with Gasteiger partial charge in [-0.15, -0.1) is 0 Å². The summed E-state index contributed by atoms with van der Waals surface area (Å²) in [5.74, 6) is 0.698. The van der Waals surface area contributed by atoms with Crippen LogP contribution in [0, 0.1) is 5.82 Å². The van der Waals surface area contributed by atoms with Gasteiger partial charge in [-0.25, -0.2) is 9.37 Å². The fourth-order valence-corrected chi connectivity index (χ4v) is 2.95. The zero-order valence-electron chi connectivity index (χ0n) is 9.69. The molecule has 1 aliphatic rings. The molecule has 1 fully saturated rings. The molecule has 0 spiro atoms. The van der Waals surface area contributed by atoms with Gasteiger partial charge in [-0.3, -0.25) is 0 Å². The molecule has 2 aromatic heterocycles. The van der Waals surface area contributed by atoms with Crippen LogP contribution in [-0.2, 0) is 5.41 Å². The molecule has 2 heterocycles. The van der Waals surface area contributed by atoms with Crippen LogP contribution in [0.15, 0.2) is 24.5 Å². The minimum absolute atomic E-state index is 0.0553. The van der Waals surface area contributed by atoms with E-state index in [0.717, 1.165) is 18.7 Å². The summed E-state index contributed by atoms with van der Waals surface area (Å²) >= 11 is 0. The number of imidazole rings is 1. The highest BCUT2D eigenvalue weighted by molar-refractivity contribution is 5.48. The van der Waals surface area contributed by atoms with Crippen molar-refractivity contribution in [1.29, 1.82) is 0 Å². The van der Waals surface area contributed by atoms with E-state index in [-0.39, 0.29) is 11.2 Å². The van der Waals surface area contributed by atoms with Crippen LogP contribution < -0.4 is 5.73 Å². The molecule has 2 aromatic rings. The summed E-state index contributed by atoms with van der Waals surface area (Å²) in [6.45, 7) is 0.586. The van der Waals surface area contributed by atoms with Crippen molar-refractivity contribution in [2.45, 2.75) is 31.1 Å². The van der Waals surface area contributed by atoms with Crippen molar-refractivity contribution >= 4 is 5.52 Å². The standard InChI is InChI=1S/C13H16FN3/c14-10-4-3-7-17-11(10)8-16-12(17)13(9-15)5-1-2-6-13/h3-4,7-8H,1-2,5-6,9,15H2. The number of fused-ring (bicyclic) bond motifs is 1. The highest BCUT2D eigenvalue weighted by atomic mass is 19.1. The highest BCUT2D eigenvalue weighted by Gasteiger charge is 2.37. The Morgan fingerprint density at radius 1 is 1.41 bits per heavy atom. The largest absolute Gasteiger partial charge is 0.329 e. The molecule has 0 radical (unpaired) electrons. The van der Waals surface area contributed by atoms with Gasteiger partial charge in [-0.1, -0.05) is 12.8 Å². The molecule has 0 saturated heterocycles. The van der Waals surface area contributed by atoms with Gasteiger partial charge in [0.05, 0.1) is 6.20 Å². The second-order valence-corrected chi connectivity index (χ2v) is 4.88. The molecule has 3 rings (SSSR count). The quantitative estimate of drug-likeness (QED) is 0.864. The molecule has 0 amide bonds. The maximum absolute atomic E-state index is 13.6. The third-order valence-electron chi connectivity index (χ3n) is 3.94. The molecule has 90 valence electrons. The predicted octanol–water partition coefficient (Wildman–Crippen LogP) is 2.24. The number of rotatable bonds is 2. The van der Waals surface area contributed by atoms with Crippen molar-refractivity contribution in [2.75, 3.05) is 6.54 Å². The van der Waals surface area contributed by atoms with Crippen molar-refractivity contribution in [3.63, 3.8) is 0 Å². The summed E-state index contributed by atoms with van der Waals surface area (Å²) in [7, 11) is 0. The predicted molar refractivity (Wildman–Crippen MR) is 64.4 cm³/mol. The fourth-order valence-electron chi connectivity index (χ4n) is 2.95. The molecule has 17 heavy (non-hydrogen) atoms. The van der Waals surface area contributed by atoms with Crippen LogP contribution in [0.3, 0.4) is 0 Å². The van der Waals surface area contributed by atoms with Crippen molar-refractivity contribution in [3.8, 4) is 0 Å². The summed E-state index contributed by atoms with van der Waals surface area (Å²) in [6, 6.07) is 3.18. The van der Waals surface area contributed by atoms with Crippen LogP contribution in [0.1, 0.15) is 31.5 Å². The Morgan fingerprint density at radius 3 is 2.88 bits per heavy atom. The van der Waals surface area contributed by atoms with Crippen molar-refractivity contribution in [3.05, 3.63) is 36.2 Å². The van der Waals surface area contributed by atoms with Gasteiger partial charge in [0.1, 0.15) is 17.2 Å². The summed E-state index contributed by atoms with van der Waals surface area (Å²) < 4.78 is 15.5. The van der Waals surface area contributed by atoms with Gasteiger partial charge >= 0.3 is 0 Å². The second kappa shape index (κ2) is 3.81.